The Balaban J connectivity index is 0.00000161. The van der Waals surface area contributed by atoms with Crippen LogP contribution in [-0.4, -0.2) is 42.9 Å². The summed E-state index contributed by atoms with van der Waals surface area (Å²) < 4.78 is 0. The quantitative estimate of drug-likeness (QED) is 0.513. The average Bonchev–Trinajstić information content (AvgIpc) is 2.76. The molecule has 0 saturated carbocycles. The van der Waals surface area contributed by atoms with Crippen LogP contribution in [-0.2, 0) is 20.8 Å². The fraction of sp³-hybridized carbons (Fsp3) is 0.542. The van der Waals surface area contributed by atoms with Gasteiger partial charge in [0.05, 0.1) is 12.6 Å². The summed E-state index contributed by atoms with van der Waals surface area (Å²) >= 11 is 6.27. The van der Waals surface area contributed by atoms with E-state index >= 15 is 0 Å². The molecule has 8 heteroatoms. The van der Waals surface area contributed by atoms with E-state index in [0.29, 0.717) is 24.4 Å². The SMILES string of the molecule is CCC.NCC(=O)N[C@H]1CCCCCNC(=O)C/C=C/[C@H](Cc2ccccc2Cl)NC1=O. The van der Waals surface area contributed by atoms with Gasteiger partial charge in [-0.3, -0.25) is 14.4 Å². The molecule has 1 heterocycles. The molecule has 178 valence electrons. The summed E-state index contributed by atoms with van der Waals surface area (Å²) in [5.74, 6) is -0.680. The second kappa shape index (κ2) is 16.3. The molecule has 2 atom stereocenters. The molecule has 0 fully saturated rings. The van der Waals surface area contributed by atoms with Crippen molar-refractivity contribution in [3.8, 4) is 0 Å². The third kappa shape index (κ3) is 11.3. The van der Waals surface area contributed by atoms with Crippen molar-refractivity contribution in [2.24, 2.45) is 5.73 Å². The molecule has 3 amide bonds. The number of halogens is 1. The maximum Gasteiger partial charge on any atom is 0.243 e. The number of hydrogen-bond donors (Lipinski definition) is 4. The van der Waals surface area contributed by atoms with Crippen molar-refractivity contribution in [3.05, 3.63) is 47.0 Å². The largest absolute Gasteiger partial charge is 0.356 e. The van der Waals surface area contributed by atoms with Crippen LogP contribution in [0.25, 0.3) is 0 Å². The number of carbonyl (C=O) groups excluding carboxylic acids is 3. The van der Waals surface area contributed by atoms with E-state index in [4.69, 9.17) is 17.3 Å². The molecule has 0 unspecified atom stereocenters. The van der Waals surface area contributed by atoms with Crippen molar-refractivity contribution in [2.75, 3.05) is 13.1 Å². The normalized spacial score (nSPS) is 21.1. The van der Waals surface area contributed by atoms with Crippen molar-refractivity contribution in [1.82, 2.24) is 16.0 Å². The van der Waals surface area contributed by atoms with Gasteiger partial charge in [0.2, 0.25) is 17.7 Å². The van der Waals surface area contributed by atoms with Crippen LogP contribution in [0.5, 0.6) is 0 Å². The summed E-state index contributed by atoms with van der Waals surface area (Å²) in [7, 11) is 0. The standard InChI is InChI=1S/C21H29ClN4O3.C3H8/c22-17-9-4-3-7-15(17)13-16-8-6-11-19(27)24-12-5-1-2-10-18(21(29)25-16)26-20(28)14-23;1-3-2/h3-4,6-9,16,18H,1-2,5,10-14,23H2,(H,24,27)(H,25,29)(H,26,28);3H2,1-2H3/b8-6+;/t16-,18+;/m1./s1. The first-order valence-corrected chi connectivity index (χ1v) is 11.8. The molecular weight excluding hydrogens is 428 g/mol. The van der Waals surface area contributed by atoms with Crippen LogP contribution in [0, 0.1) is 0 Å². The zero-order valence-corrected chi connectivity index (χ0v) is 19.9. The fourth-order valence-electron chi connectivity index (χ4n) is 3.16. The molecule has 0 radical (unpaired) electrons. The summed E-state index contributed by atoms with van der Waals surface area (Å²) in [6.07, 6.45) is 8.44. The topological polar surface area (TPSA) is 113 Å². The van der Waals surface area contributed by atoms with Crippen molar-refractivity contribution in [1.29, 1.82) is 0 Å². The Hall–Kier alpha value is -2.38. The lowest BCUT2D eigenvalue weighted by Crippen LogP contribution is -2.51. The van der Waals surface area contributed by atoms with Gasteiger partial charge < -0.3 is 21.7 Å². The number of amides is 3. The molecular formula is C24H37ClN4O3. The molecule has 0 aromatic heterocycles. The van der Waals surface area contributed by atoms with E-state index in [1.807, 2.05) is 18.2 Å². The first-order chi connectivity index (χ1) is 15.4. The lowest BCUT2D eigenvalue weighted by molar-refractivity contribution is -0.128. The predicted molar refractivity (Wildman–Crippen MR) is 129 cm³/mol. The Kier molecular flexibility index (Phi) is 14.1. The van der Waals surface area contributed by atoms with Crippen molar-refractivity contribution < 1.29 is 14.4 Å². The Labute approximate surface area is 196 Å². The first kappa shape index (κ1) is 27.7. The number of hydrogen-bond acceptors (Lipinski definition) is 4. The minimum atomic E-state index is -0.647. The summed E-state index contributed by atoms with van der Waals surface area (Å²) in [6, 6.07) is 6.41. The van der Waals surface area contributed by atoms with Gasteiger partial charge in [-0.2, -0.15) is 0 Å². The van der Waals surface area contributed by atoms with Gasteiger partial charge in [-0.15, -0.1) is 0 Å². The lowest BCUT2D eigenvalue weighted by atomic mass is 10.0. The van der Waals surface area contributed by atoms with E-state index in [1.54, 1.807) is 18.2 Å². The van der Waals surface area contributed by atoms with Crippen LogP contribution in [0.1, 0.15) is 57.9 Å². The maximum absolute atomic E-state index is 12.9. The summed E-state index contributed by atoms with van der Waals surface area (Å²) in [4.78, 5) is 36.5. The zero-order chi connectivity index (χ0) is 23.8. The van der Waals surface area contributed by atoms with Crippen LogP contribution in [0.2, 0.25) is 5.02 Å². The minimum Gasteiger partial charge on any atom is -0.356 e. The first-order valence-electron chi connectivity index (χ1n) is 11.4. The number of rotatable bonds is 4. The molecule has 0 spiro atoms. The highest BCUT2D eigenvalue weighted by molar-refractivity contribution is 6.31. The third-order valence-corrected chi connectivity index (χ3v) is 5.09. The Morgan fingerprint density at radius 3 is 2.59 bits per heavy atom. The Morgan fingerprint density at radius 2 is 1.91 bits per heavy atom. The van der Waals surface area contributed by atoms with Crippen molar-refractivity contribution in [3.63, 3.8) is 0 Å². The third-order valence-electron chi connectivity index (χ3n) is 4.73. The molecule has 0 aliphatic carbocycles. The fourth-order valence-corrected chi connectivity index (χ4v) is 3.38. The van der Waals surface area contributed by atoms with Gasteiger partial charge >= 0.3 is 0 Å². The van der Waals surface area contributed by atoms with Crippen LogP contribution >= 0.6 is 11.6 Å². The monoisotopic (exact) mass is 464 g/mol. The van der Waals surface area contributed by atoms with E-state index in [2.05, 4.69) is 29.8 Å². The Morgan fingerprint density at radius 1 is 1.19 bits per heavy atom. The number of nitrogens with two attached hydrogens (primary N) is 1. The second-order valence-corrected chi connectivity index (χ2v) is 8.18. The highest BCUT2D eigenvalue weighted by Gasteiger charge is 2.22. The van der Waals surface area contributed by atoms with Crippen LogP contribution < -0.4 is 21.7 Å². The van der Waals surface area contributed by atoms with E-state index in [1.165, 1.54) is 6.42 Å². The molecule has 32 heavy (non-hydrogen) atoms. The molecule has 1 aliphatic rings. The number of nitrogens with one attached hydrogen (secondary N) is 3. The van der Waals surface area contributed by atoms with E-state index in [0.717, 1.165) is 24.8 Å². The summed E-state index contributed by atoms with van der Waals surface area (Å²) in [5, 5.41) is 9.17. The molecule has 2 rings (SSSR count). The van der Waals surface area contributed by atoms with Gasteiger partial charge in [-0.25, -0.2) is 0 Å². The molecule has 5 N–H and O–H groups in total. The molecule has 1 aromatic rings. The second-order valence-electron chi connectivity index (χ2n) is 7.77. The smallest absolute Gasteiger partial charge is 0.243 e. The van der Waals surface area contributed by atoms with Crippen molar-refractivity contribution in [2.45, 2.75) is 70.9 Å². The van der Waals surface area contributed by atoms with E-state index in [-0.39, 0.29) is 36.7 Å². The highest BCUT2D eigenvalue weighted by atomic mass is 35.5. The number of carbonyl (C=O) groups is 3. The minimum absolute atomic E-state index is 0.0470. The average molecular weight is 465 g/mol. The van der Waals surface area contributed by atoms with Crippen LogP contribution in [0.4, 0.5) is 0 Å². The molecule has 0 bridgehead atoms. The van der Waals surface area contributed by atoms with Crippen molar-refractivity contribution >= 4 is 29.3 Å². The zero-order valence-electron chi connectivity index (χ0n) is 19.2. The molecule has 1 aliphatic heterocycles. The van der Waals surface area contributed by atoms with Gasteiger partial charge in [0.15, 0.2) is 0 Å². The van der Waals surface area contributed by atoms with E-state index < -0.39 is 6.04 Å². The van der Waals surface area contributed by atoms with Crippen LogP contribution in [0.15, 0.2) is 36.4 Å². The molecule has 1 aromatic carbocycles. The highest BCUT2D eigenvalue weighted by Crippen LogP contribution is 2.17. The predicted octanol–water partition coefficient (Wildman–Crippen LogP) is 2.86. The van der Waals surface area contributed by atoms with Gasteiger partial charge in [0.1, 0.15) is 6.04 Å². The van der Waals surface area contributed by atoms with Gasteiger partial charge in [0.25, 0.3) is 0 Å². The lowest BCUT2D eigenvalue weighted by Gasteiger charge is -2.22. The van der Waals surface area contributed by atoms with E-state index in [9.17, 15) is 14.4 Å². The molecule has 7 nitrogen and oxygen atoms in total. The van der Waals surface area contributed by atoms with Crippen LogP contribution in [0.3, 0.4) is 0 Å². The molecule has 0 saturated heterocycles. The van der Waals surface area contributed by atoms with Gasteiger partial charge in [-0.05, 0) is 30.9 Å². The Bertz CT molecular complexity index is 755. The van der Waals surface area contributed by atoms with Gasteiger partial charge in [0, 0.05) is 18.0 Å². The maximum atomic E-state index is 12.9. The summed E-state index contributed by atoms with van der Waals surface area (Å²) in [6.45, 7) is 4.68. The number of benzene rings is 1. The summed E-state index contributed by atoms with van der Waals surface area (Å²) in [5.41, 5.74) is 6.28. The van der Waals surface area contributed by atoms with Gasteiger partial charge in [-0.1, -0.05) is 75.1 Å².